The van der Waals surface area contributed by atoms with Crippen molar-refractivity contribution in [3.05, 3.63) is 28.8 Å². The molecule has 6 heteroatoms. The number of benzene rings is 1. The van der Waals surface area contributed by atoms with Crippen molar-refractivity contribution in [1.82, 2.24) is 5.32 Å². The number of halogens is 1. The van der Waals surface area contributed by atoms with Crippen LogP contribution in [-0.2, 0) is 16.4 Å². The minimum absolute atomic E-state index is 0.149. The van der Waals surface area contributed by atoms with Crippen LogP contribution in [0.2, 0.25) is 5.02 Å². The standard InChI is InChI=1S/C14H20ClNO3S/c1-20(17,18)8-2-7-19-14-6-3-12(15)9-11(14)10-16-13-4-5-13/h3,6,9,13,16H,2,4-5,7-8,10H2,1H3. The van der Waals surface area contributed by atoms with Gasteiger partial charge in [0.25, 0.3) is 0 Å². The highest BCUT2D eigenvalue weighted by atomic mass is 35.5. The maximum absolute atomic E-state index is 11.1. The van der Waals surface area contributed by atoms with Crippen molar-refractivity contribution in [3.63, 3.8) is 0 Å². The Balaban J connectivity index is 1.88. The Morgan fingerprint density at radius 1 is 1.40 bits per heavy atom. The Bertz CT molecular complexity index is 556. The average Bonchev–Trinajstić information content (AvgIpc) is 3.16. The molecule has 1 saturated carbocycles. The van der Waals surface area contributed by atoms with Gasteiger partial charge < -0.3 is 10.1 Å². The number of nitrogens with one attached hydrogen (secondary N) is 1. The van der Waals surface area contributed by atoms with Crippen LogP contribution in [0, 0.1) is 0 Å². The SMILES string of the molecule is CS(=O)(=O)CCCOc1ccc(Cl)cc1CNC1CC1. The molecular weight excluding hydrogens is 298 g/mol. The molecule has 1 aromatic carbocycles. The highest BCUT2D eigenvalue weighted by molar-refractivity contribution is 7.90. The summed E-state index contributed by atoms with van der Waals surface area (Å²) in [7, 11) is -2.92. The maximum atomic E-state index is 11.1. The van der Waals surface area contributed by atoms with Gasteiger partial charge in [0.05, 0.1) is 12.4 Å². The summed E-state index contributed by atoms with van der Waals surface area (Å²) in [5.41, 5.74) is 1.02. The number of hydrogen-bond donors (Lipinski definition) is 1. The third kappa shape index (κ3) is 5.69. The van der Waals surface area contributed by atoms with Crippen molar-refractivity contribution < 1.29 is 13.2 Å². The fourth-order valence-electron chi connectivity index (χ4n) is 1.87. The highest BCUT2D eigenvalue weighted by Crippen LogP contribution is 2.25. The molecule has 4 nitrogen and oxygen atoms in total. The van der Waals surface area contributed by atoms with E-state index in [0.29, 0.717) is 24.1 Å². The molecule has 2 rings (SSSR count). The predicted molar refractivity (Wildman–Crippen MR) is 81.1 cm³/mol. The largest absolute Gasteiger partial charge is 0.493 e. The first-order chi connectivity index (χ1) is 9.44. The molecule has 0 bridgehead atoms. The normalized spacial score (nSPS) is 15.3. The van der Waals surface area contributed by atoms with E-state index in [2.05, 4.69) is 5.32 Å². The smallest absolute Gasteiger partial charge is 0.147 e. The van der Waals surface area contributed by atoms with Crippen LogP contribution in [-0.4, -0.2) is 33.1 Å². The van der Waals surface area contributed by atoms with Gasteiger partial charge in [-0.2, -0.15) is 0 Å². The van der Waals surface area contributed by atoms with Gasteiger partial charge in [0.15, 0.2) is 0 Å². The fraction of sp³-hybridized carbons (Fsp3) is 0.571. The zero-order valence-corrected chi connectivity index (χ0v) is 13.1. The number of ether oxygens (including phenoxy) is 1. The molecule has 0 spiro atoms. The first-order valence-electron chi connectivity index (χ1n) is 6.76. The van der Waals surface area contributed by atoms with Crippen LogP contribution in [0.1, 0.15) is 24.8 Å². The summed E-state index contributed by atoms with van der Waals surface area (Å²) in [4.78, 5) is 0. The summed E-state index contributed by atoms with van der Waals surface area (Å²) in [6.07, 6.45) is 4.19. The first-order valence-corrected chi connectivity index (χ1v) is 9.20. The molecule has 1 aromatic rings. The van der Waals surface area contributed by atoms with Crippen LogP contribution in [0.4, 0.5) is 0 Å². The van der Waals surface area contributed by atoms with E-state index in [4.69, 9.17) is 16.3 Å². The Morgan fingerprint density at radius 2 is 2.15 bits per heavy atom. The van der Waals surface area contributed by atoms with Crippen LogP contribution in [0.3, 0.4) is 0 Å². The monoisotopic (exact) mass is 317 g/mol. The van der Waals surface area contributed by atoms with Crippen LogP contribution in [0.5, 0.6) is 5.75 Å². The highest BCUT2D eigenvalue weighted by Gasteiger charge is 2.20. The molecule has 20 heavy (non-hydrogen) atoms. The van der Waals surface area contributed by atoms with Gasteiger partial charge in [0, 0.05) is 29.4 Å². The predicted octanol–water partition coefficient (Wildman–Crippen LogP) is 2.41. The number of hydrogen-bond acceptors (Lipinski definition) is 4. The van der Waals surface area contributed by atoms with Crippen molar-refractivity contribution in [2.24, 2.45) is 0 Å². The molecule has 1 fully saturated rings. The molecule has 0 heterocycles. The molecule has 112 valence electrons. The second kappa shape index (κ2) is 6.78. The topological polar surface area (TPSA) is 55.4 Å². The molecule has 1 N–H and O–H groups in total. The van der Waals surface area contributed by atoms with E-state index >= 15 is 0 Å². The molecule has 1 aliphatic rings. The van der Waals surface area contributed by atoms with Crippen LogP contribution >= 0.6 is 11.6 Å². The lowest BCUT2D eigenvalue weighted by Crippen LogP contribution is -2.16. The zero-order chi connectivity index (χ0) is 14.6. The Labute approximate surface area is 125 Å². The number of sulfone groups is 1. The van der Waals surface area contributed by atoms with Crippen LogP contribution in [0.15, 0.2) is 18.2 Å². The van der Waals surface area contributed by atoms with Crippen LogP contribution in [0.25, 0.3) is 0 Å². The van der Waals surface area contributed by atoms with Gasteiger partial charge in [0.2, 0.25) is 0 Å². The second-order valence-corrected chi connectivity index (χ2v) is 7.94. The zero-order valence-electron chi connectivity index (χ0n) is 11.6. The van der Waals surface area contributed by atoms with E-state index in [9.17, 15) is 8.42 Å². The molecular formula is C14H20ClNO3S. The average molecular weight is 318 g/mol. The van der Waals surface area contributed by atoms with Gasteiger partial charge in [-0.15, -0.1) is 0 Å². The molecule has 0 unspecified atom stereocenters. The maximum Gasteiger partial charge on any atom is 0.147 e. The van der Waals surface area contributed by atoms with E-state index < -0.39 is 9.84 Å². The van der Waals surface area contributed by atoms with Crippen molar-refractivity contribution in [2.75, 3.05) is 18.6 Å². The van der Waals surface area contributed by atoms with Gasteiger partial charge in [0.1, 0.15) is 15.6 Å². The van der Waals surface area contributed by atoms with E-state index in [1.54, 1.807) is 6.07 Å². The second-order valence-electron chi connectivity index (χ2n) is 5.24. The van der Waals surface area contributed by atoms with Crippen molar-refractivity contribution >= 4 is 21.4 Å². The summed E-state index contributed by atoms with van der Waals surface area (Å²) >= 11 is 6.01. The summed E-state index contributed by atoms with van der Waals surface area (Å²) in [5, 5.41) is 4.10. The molecule has 0 radical (unpaired) electrons. The number of rotatable bonds is 8. The van der Waals surface area contributed by atoms with Gasteiger partial charge in [-0.25, -0.2) is 8.42 Å². The molecule has 1 aliphatic carbocycles. The van der Waals surface area contributed by atoms with E-state index in [1.165, 1.54) is 19.1 Å². The molecule has 0 amide bonds. The Morgan fingerprint density at radius 3 is 2.80 bits per heavy atom. The van der Waals surface area contributed by atoms with Gasteiger partial charge in [-0.1, -0.05) is 11.6 Å². The summed E-state index contributed by atoms with van der Waals surface area (Å²) in [5.74, 6) is 0.923. The van der Waals surface area contributed by atoms with Gasteiger partial charge >= 0.3 is 0 Å². The van der Waals surface area contributed by atoms with Crippen molar-refractivity contribution in [3.8, 4) is 5.75 Å². The summed E-state index contributed by atoms with van der Waals surface area (Å²) < 4.78 is 27.8. The lowest BCUT2D eigenvalue weighted by Gasteiger charge is -2.12. The quantitative estimate of drug-likeness (QED) is 0.748. The first kappa shape index (κ1) is 15.6. The minimum atomic E-state index is -2.92. The van der Waals surface area contributed by atoms with E-state index in [1.807, 2.05) is 12.1 Å². The van der Waals surface area contributed by atoms with E-state index in [-0.39, 0.29) is 5.75 Å². The Kier molecular flexibility index (Phi) is 5.29. The Hall–Kier alpha value is -0.780. The lowest BCUT2D eigenvalue weighted by molar-refractivity contribution is 0.313. The summed E-state index contributed by atoms with van der Waals surface area (Å²) in [6.45, 7) is 1.12. The molecule has 0 aliphatic heterocycles. The van der Waals surface area contributed by atoms with Gasteiger partial charge in [-0.05, 0) is 37.5 Å². The third-order valence-corrected chi connectivity index (χ3v) is 4.36. The lowest BCUT2D eigenvalue weighted by atomic mass is 10.2. The molecule has 0 aromatic heterocycles. The molecule has 0 atom stereocenters. The molecule has 0 saturated heterocycles. The van der Waals surface area contributed by atoms with Crippen molar-refractivity contribution in [1.29, 1.82) is 0 Å². The van der Waals surface area contributed by atoms with Gasteiger partial charge in [-0.3, -0.25) is 0 Å². The van der Waals surface area contributed by atoms with E-state index in [0.717, 1.165) is 17.9 Å². The van der Waals surface area contributed by atoms with Crippen LogP contribution < -0.4 is 10.1 Å². The fourth-order valence-corrected chi connectivity index (χ4v) is 2.71. The summed E-state index contributed by atoms with van der Waals surface area (Å²) in [6, 6.07) is 6.14. The minimum Gasteiger partial charge on any atom is -0.493 e. The van der Waals surface area contributed by atoms with Crippen molar-refractivity contribution in [2.45, 2.75) is 31.8 Å². The third-order valence-electron chi connectivity index (χ3n) is 3.10.